The van der Waals surface area contributed by atoms with Crippen molar-refractivity contribution in [1.29, 1.82) is 0 Å². The van der Waals surface area contributed by atoms with Crippen LogP contribution in [0.25, 0.3) is 0 Å². The molecule has 0 aliphatic carbocycles. The molecule has 0 aromatic heterocycles. The monoisotopic (exact) mass is 298 g/mol. The highest BCUT2D eigenvalue weighted by molar-refractivity contribution is 7.89. The van der Waals surface area contributed by atoms with Crippen LogP contribution in [0.1, 0.15) is 23.2 Å². The normalized spacial score (nSPS) is 16.1. The van der Waals surface area contributed by atoms with Gasteiger partial charge in [-0.05, 0) is 31.0 Å². The van der Waals surface area contributed by atoms with Crippen LogP contribution < -0.4 is 10.1 Å². The first kappa shape index (κ1) is 14.8. The van der Waals surface area contributed by atoms with Crippen LogP contribution in [0.3, 0.4) is 0 Å². The molecule has 1 saturated heterocycles. The van der Waals surface area contributed by atoms with Gasteiger partial charge in [0.1, 0.15) is 5.75 Å². The molecule has 1 heterocycles. The Labute approximate surface area is 118 Å². The smallest absolute Gasteiger partial charge is 0.254 e. The SMILES string of the molecule is CNC(=O)c1cc(S(=O)(=O)N2CCCC2)ccc1OC. The zero-order valence-electron chi connectivity index (χ0n) is 11.5. The largest absolute Gasteiger partial charge is 0.496 e. The summed E-state index contributed by atoms with van der Waals surface area (Å²) >= 11 is 0. The molecule has 20 heavy (non-hydrogen) atoms. The fourth-order valence-electron chi connectivity index (χ4n) is 2.24. The number of hydrogen-bond acceptors (Lipinski definition) is 4. The van der Waals surface area contributed by atoms with E-state index < -0.39 is 10.0 Å². The maximum Gasteiger partial charge on any atom is 0.254 e. The Morgan fingerprint density at radius 3 is 2.50 bits per heavy atom. The zero-order valence-corrected chi connectivity index (χ0v) is 12.4. The second-order valence-corrected chi connectivity index (χ2v) is 6.49. The van der Waals surface area contributed by atoms with Gasteiger partial charge in [-0.25, -0.2) is 8.42 Å². The summed E-state index contributed by atoms with van der Waals surface area (Å²) in [5, 5.41) is 2.48. The standard InChI is InChI=1S/C13H18N2O4S/c1-14-13(16)11-9-10(5-6-12(11)19-2)20(17,18)15-7-3-4-8-15/h5-6,9H,3-4,7-8H2,1-2H3,(H,14,16). The second-order valence-electron chi connectivity index (χ2n) is 4.55. The first-order valence-corrected chi connectivity index (χ1v) is 7.85. The summed E-state index contributed by atoms with van der Waals surface area (Å²) in [6, 6.07) is 4.35. The van der Waals surface area contributed by atoms with E-state index in [1.165, 1.54) is 36.7 Å². The Morgan fingerprint density at radius 1 is 1.30 bits per heavy atom. The van der Waals surface area contributed by atoms with Crippen molar-refractivity contribution in [1.82, 2.24) is 9.62 Å². The first-order chi connectivity index (χ1) is 9.50. The topological polar surface area (TPSA) is 75.7 Å². The molecule has 1 amide bonds. The van der Waals surface area contributed by atoms with Crippen molar-refractivity contribution in [3.63, 3.8) is 0 Å². The van der Waals surface area contributed by atoms with Crippen LogP contribution in [-0.2, 0) is 10.0 Å². The predicted octanol–water partition coefficient (Wildman–Crippen LogP) is 0.839. The summed E-state index contributed by atoms with van der Waals surface area (Å²) in [7, 11) is -0.600. The van der Waals surface area contributed by atoms with E-state index in [0.717, 1.165) is 12.8 Å². The summed E-state index contributed by atoms with van der Waals surface area (Å²) in [6.45, 7) is 1.06. The van der Waals surface area contributed by atoms with E-state index in [9.17, 15) is 13.2 Å². The van der Waals surface area contributed by atoms with E-state index in [1.54, 1.807) is 0 Å². The number of rotatable bonds is 4. The maximum absolute atomic E-state index is 12.5. The minimum absolute atomic E-state index is 0.124. The predicted molar refractivity (Wildman–Crippen MR) is 74.4 cm³/mol. The van der Waals surface area contributed by atoms with Gasteiger partial charge in [-0.3, -0.25) is 4.79 Å². The van der Waals surface area contributed by atoms with Crippen LogP contribution >= 0.6 is 0 Å². The Bertz CT molecular complexity index is 607. The Hall–Kier alpha value is -1.60. The van der Waals surface area contributed by atoms with Crippen molar-refractivity contribution in [3.8, 4) is 5.75 Å². The highest BCUT2D eigenvalue weighted by Crippen LogP contribution is 2.26. The summed E-state index contributed by atoms with van der Waals surface area (Å²) < 4.78 is 31.4. The second kappa shape index (κ2) is 5.80. The van der Waals surface area contributed by atoms with Crippen LogP contribution in [0.5, 0.6) is 5.75 Å². The summed E-state index contributed by atoms with van der Waals surface area (Å²) in [6.07, 6.45) is 1.75. The molecule has 7 heteroatoms. The number of hydrogen-bond donors (Lipinski definition) is 1. The molecule has 1 aliphatic heterocycles. The van der Waals surface area contributed by atoms with E-state index in [-0.39, 0.29) is 16.4 Å². The fraction of sp³-hybridized carbons (Fsp3) is 0.462. The van der Waals surface area contributed by atoms with Gasteiger partial charge in [0.2, 0.25) is 10.0 Å². The average Bonchev–Trinajstić information content (AvgIpc) is 3.00. The summed E-state index contributed by atoms with van der Waals surface area (Å²) in [4.78, 5) is 11.9. The van der Waals surface area contributed by atoms with E-state index in [4.69, 9.17) is 4.74 Å². The summed E-state index contributed by atoms with van der Waals surface area (Å²) in [5.41, 5.74) is 0.218. The third-order valence-electron chi connectivity index (χ3n) is 3.35. The zero-order chi connectivity index (χ0) is 14.8. The molecule has 1 N–H and O–H groups in total. The number of ether oxygens (including phenoxy) is 1. The third-order valence-corrected chi connectivity index (χ3v) is 5.24. The molecule has 1 fully saturated rings. The molecule has 2 rings (SSSR count). The van der Waals surface area contributed by atoms with Crippen molar-refractivity contribution in [3.05, 3.63) is 23.8 Å². The Kier molecular flexibility index (Phi) is 4.29. The minimum Gasteiger partial charge on any atom is -0.496 e. The molecule has 0 radical (unpaired) electrons. The van der Waals surface area contributed by atoms with Crippen LogP contribution in [0.2, 0.25) is 0 Å². The molecule has 1 aliphatic rings. The summed E-state index contributed by atoms with van der Waals surface area (Å²) in [5.74, 6) is -0.0231. The van der Waals surface area contributed by atoms with Crippen molar-refractivity contribution in [2.45, 2.75) is 17.7 Å². The highest BCUT2D eigenvalue weighted by atomic mass is 32.2. The number of sulfonamides is 1. The van der Waals surface area contributed by atoms with Gasteiger partial charge in [0.25, 0.3) is 5.91 Å². The van der Waals surface area contributed by atoms with Gasteiger partial charge in [0, 0.05) is 20.1 Å². The lowest BCUT2D eigenvalue weighted by Gasteiger charge is -2.16. The highest BCUT2D eigenvalue weighted by Gasteiger charge is 2.28. The molecule has 0 spiro atoms. The van der Waals surface area contributed by atoms with Crippen molar-refractivity contribution < 1.29 is 17.9 Å². The van der Waals surface area contributed by atoms with Crippen LogP contribution in [0, 0.1) is 0 Å². The molecule has 110 valence electrons. The molecule has 0 unspecified atom stereocenters. The maximum atomic E-state index is 12.5. The molecular formula is C13H18N2O4S. The van der Waals surface area contributed by atoms with Crippen LogP contribution in [-0.4, -0.2) is 45.9 Å². The fourth-order valence-corrected chi connectivity index (χ4v) is 3.78. The number of nitrogens with zero attached hydrogens (tertiary/aromatic N) is 1. The quantitative estimate of drug-likeness (QED) is 0.893. The van der Waals surface area contributed by atoms with Crippen LogP contribution in [0.4, 0.5) is 0 Å². The van der Waals surface area contributed by atoms with Crippen molar-refractivity contribution in [2.24, 2.45) is 0 Å². The molecule has 6 nitrogen and oxygen atoms in total. The van der Waals surface area contributed by atoms with Crippen molar-refractivity contribution >= 4 is 15.9 Å². The van der Waals surface area contributed by atoms with Gasteiger partial charge in [0.15, 0.2) is 0 Å². The van der Waals surface area contributed by atoms with Gasteiger partial charge in [-0.15, -0.1) is 0 Å². The van der Waals surface area contributed by atoms with Gasteiger partial charge in [-0.2, -0.15) is 4.31 Å². The van der Waals surface area contributed by atoms with Gasteiger partial charge < -0.3 is 10.1 Å². The van der Waals surface area contributed by atoms with Crippen molar-refractivity contribution in [2.75, 3.05) is 27.2 Å². The van der Waals surface area contributed by atoms with E-state index in [1.807, 2.05) is 0 Å². The Morgan fingerprint density at radius 2 is 1.95 bits per heavy atom. The lowest BCUT2D eigenvalue weighted by atomic mass is 10.2. The van der Waals surface area contributed by atoms with Gasteiger partial charge in [-0.1, -0.05) is 0 Å². The van der Waals surface area contributed by atoms with E-state index >= 15 is 0 Å². The lowest BCUT2D eigenvalue weighted by molar-refractivity contribution is 0.0960. The molecule has 1 aromatic carbocycles. The molecule has 0 atom stereocenters. The number of methoxy groups -OCH3 is 1. The molecule has 0 bridgehead atoms. The van der Waals surface area contributed by atoms with E-state index in [0.29, 0.717) is 18.8 Å². The molecule has 1 aromatic rings. The molecule has 0 saturated carbocycles. The number of amides is 1. The number of benzene rings is 1. The Balaban J connectivity index is 2.45. The lowest BCUT2D eigenvalue weighted by Crippen LogP contribution is -2.28. The third kappa shape index (κ3) is 2.64. The number of nitrogens with one attached hydrogen (secondary N) is 1. The van der Waals surface area contributed by atoms with E-state index in [2.05, 4.69) is 5.32 Å². The van der Waals surface area contributed by atoms with Gasteiger partial charge >= 0.3 is 0 Å². The average molecular weight is 298 g/mol. The number of carbonyl (C=O) groups is 1. The first-order valence-electron chi connectivity index (χ1n) is 6.41. The number of carbonyl (C=O) groups excluding carboxylic acids is 1. The van der Waals surface area contributed by atoms with Gasteiger partial charge in [0.05, 0.1) is 17.6 Å². The molecular weight excluding hydrogens is 280 g/mol. The minimum atomic E-state index is -3.53. The van der Waals surface area contributed by atoms with Crippen LogP contribution in [0.15, 0.2) is 23.1 Å².